The number of hydrogen-bond acceptors (Lipinski definition) is 3. The summed E-state index contributed by atoms with van der Waals surface area (Å²) in [6, 6.07) is -0.117. The van der Waals surface area contributed by atoms with Crippen LogP contribution in [0.4, 0.5) is 0 Å². The summed E-state index contributed by atoms with van der Waals surface area (Å²) in [4.78, 5) is 25.3. The second kappa shape index (κ2) is 7.36. The van der Waals surface area contributed by atoms with Gasteiger partial charge in [-0.2, -0.15) is 0 Å². The molecular weight excluding hydrogens is 230 g/mol. The highest BCUT2D eigenvalue weighted by Gasteiger charge is 2.29. The van der Waals surface area contributed by atoms with Gasteiger partial charge in [-0.1, -0.05) is 13.3 Å². The van der Waals surface area contributed by atoms with E-state index in [-0.39, 0.29) is 24.4 Å². The third-order valence-electron chi connectivity index (χ3n) is 3.69. The molecule has 5 nitrogen and oxygen atoms in total. The van der Waals surface area contributed by atoms with Gasteiger partial charge in [0.1, 0.15) is 0 Å². The molecule has 2 atom stereocenters. The summed E-state index contributed by atoms with van der Waals surface area (Å²) in [6.45, 7) is 5.69. The highest BCUT2D eigenvalue weighted by atomic mass is 16.2. The Morgan fingerprint density at radius 1 is 1.39 bits per heavy atom. The van der Waals surface area contributed by atoms with E-state index in [1.54, 1.807) is 11.9 Å². The third-order valence-corrected chi connectivity index (χ3v) is 3.69. The molecule has 0 spiro atoms. The average molecular weight is 255 g/mol. The summed E-state index contributed by atoms with van der Waals surface area (Å²) in [5, 5.41) is 5.82. The number of hydrogen-bond donors (Lipinski definition) is 2. The van der Waals surface area contributed by atoms with Gasteiger partial charge < -0.3 is 15.5 Å². The van der Waals surface area contributed by atoms with Gasteiger partial charge in [-0.25, -0.2) is 0 Å². The SMILES string of the molecule is CCC1CCNC(C(=O)N(CC)CC(=O)NC)C1. The normalized spacial score (nSPS) is 23.5. The second-order valence-electron chi connectivity index (χ2n) is 4.83. The van der Waals surface area contributed by atoms with E-state index in [2.05, 4.69) is 17.6 Å². The van der Waals surface area contributed by atoms with Gasteiger partial charge in [0.2, 0.25) is 11.8 Å². The van der Waals surface area contributed by atoms with Crippen LogP contribution in [0.15, 0.2) is 0 Å². The Morgan fingerprint density at radius 3 is 2.67 bits per heavy atom. The van der Waals surface area contributed by atoms with Gasteiger partial charge in [0, 0.05) is 13.6 Å². The zero-order valence-electron chi connectivity index (χ0n) is 11.7. The number of amides is 2. The second-order valence-corrected chi connectivity index (χ2v) is 4.83. The Bertz CT molecular complexity index is 294. The van der Waals surface area contributed by atoms with Crippen molar-refractivity contribution in [3.05, 3.63) is 0 Å². The molecule has 1 aliphatic rings. The van der Waals surface area contributed by atoms with Crippen molar-refractivity contribution in [3.8, 4) is 0 Å². The smallest absolute Gasteiger partial charge is 0.240 e. The first-order valence-electron chi connectivity index (χ1n) is 6.85. The maximum atomic E-state index is 12.3. The molecule has 0 saturated carbocycles. The fourth-order valence-corrected chi connectivity index (χ4v) is 2.37. The van der Waals surface area contributed by atoms with Gasteiger partial charge in [0.25, 0.3) is 0 Å². The van der Waals surface area contributed by atoms with Crippen molar-refractivity contribution in [2.24, 2.45) is 5.92 Å². The minimum Gasteiger partial charge on any atom is -0.358 e. The van der Waals surface area contributed by atoms with Crippen molar-refractivity contribution in [2.75, 3.05) is 26.7 Å². The van der Waals surface area contributed by atoms with E-state index in [1.807, 2.05) is 6.92 Å². The summed E-state index contributed by atoms with van der Waals surface area (Å²) >= 11 is 0. The summed E-state index contributed by atoms with van der Waals surface area (Å²) in [6.07, 6.45) is 3.15. The Labute approximate surface area is 109 Å². The lowest BCUT2D eigenvalue weighted by Gasteiger charge is -2.32. The lowest BCUT2D eigenvalue weighted by molar-refractivity contribution is -0.138. The van der Waals surface area contributed by atoms with Crippen molar-refractivity contribution < 1.29 is 9.59 Å². The molecule has 1 saturated heterocycles. The first kappa shape index (κ1) is 15.0. The number of rotatable bonds is 5. The fraction of sp³-hybridized carbons (Fsp3) is 0.846. The molecule has 0 aromatic carbocycles. The van der Waals surface area contributed by atoms with Crippen LogP contribution in [0.25, 0.3) is 0 Å². The third kappa shape index (κ3) is 3.98. The van der Waals surface area contributed by atoms with Crippen LogP contribution in [-0.4, -0.2) is 49.4 Å². The summed E-state index contributed by atoms with van der Waals surface area (Å²) in [5.41, 5.74) is 0. The highest BCUT2D eigenvalue weighted by Crippen LogP contribution is 2.20. The van der Waals surface area contributed by atoms with Crippen molar-refractivity contribution >= 4 is 11.8 Å². The first-order valence-corrected chi connectivity index (χ1v) is 6.85. The molecule has 104 valence electrons. The van der Waals surface area contributed by atoms with Crippen LogP contribution in [0.1, 0.15) is 33.1 Å². The molecule has 0 aromatic rings. The van der Waals surface area contributed by atoms with Crippen LogP contribution in [-0.2, 0) is 9.59 Å². The zero-order chi connectivity index (χ0) is 13.5. The van der Waals surface area contributed by atoms with Gasteiger partial charge in [0.05, 0.1) is 12.6 Å². The van der Waals surface area contributed by atoms with E-state index in [0.717, 1.165) is 25.8 Å². The number of piperidine rings is 1. The summed E-state index contributed by atoms with van der Waals surface area (Å²) < 4.78 is 0. The molecule has 1 heterocycles. The quantitative estimate of drug-likeness (QED) is 0.745. The van der Waals surface area contributed by atoms with E-state index < -0.39 is 0 Å². The van der Waals surface area contributed by atoms with Crippen molar-refractivity contribution in [1.82, 2.24) is 15.5 Å². The molecule has 0 bridgehead atoms. The van der Waals surface area contributed by atoms with E-state index in [0.29, 0.717) is 12.5 Å². The van der Waals surface area contributed by atoms with Crippen LogP contribution >= 0.6 is 0 Å². The maximum absolute atomic E-state index is 12.3. The van der Waals surface area contributed by atoms with Crippen molar-refractivity contribution in [1.29, 1.82) is 0 Å². The molecule has 2 amide bonds. The number of carbonyl (C=O) groups is 2. The van der Waals surface area contributed by atoms with Gasteiger partial charge >= 0.3 is 0 Å². The monoisotopic (exact) mass is 255 g/mol. The number of nitrogens with zero attached hydrogens (tertiary/aromatic N) is 1. The molecule has 5 heteroatoms. The van der Waals surface area contributed by atoms with Crippen LogP contribution in [0.2, 0.25) is 0 Å². The molecule has 18 heavy (non-hydrogen) atoms. The van der Waals surface area contributed by atoms with Crippen LogP contribution < -0.4 is 10.6 Å². The highest BCUT2D eigenvalue weighted by molar-refractivity contribution is 5.87. The van der Waals surface area contributed by atoms with Gasteiger partial charge in [0.15, 0.2) is 0 Å². The fourth-order valence-electron chi connectivity index (χ4n) is 2.37. The molecule has 1 rings (SSSR count). The van der Waals surface area contributed by atoms with Crippen LogP contribution in [0.5, 0.6) is 0 Å². The standard InChI is InChI=1S/C13H25N3O2/c1-4-10-6-7-15-11(8-10)13(18)16(5-2)9-12(17)14-3/h10-11,15H,4-9H2,1-3H3,(H,14,17). The van der Waals surface area contributed by atoms with E-state index in [9.17, 15) is 9.59 Å². The molecule has 2 N–H and O–H groups in total. The largest absolute Gasteiger partial charge is 0.358 e. The van der Waals surface area contributed by atoms with Crippen molar-refractivity contribution in [2.45, 2.75) is 39.2 Å². The predicted molar refractivity (Wildman–Crippen MR) is 71.1 cm³/mol. The molecule has 1 aliphatic heterocycles. The van der Waals surface area contributed by atoms with E-state index in [4.69, 9.17) is 0 Å². The van der Waals surface area contributed by atoms with Crippen molar-refractivity contribution in [3.63, 3.8) is 0 Å². The van der Waals surface area contributed by atoms with E-state index >= 15 is 0 Å². The average Bonchev–Trinajstić information content (AvgIpc) is 2.43. The Kier molecular flexibility index (Phi) is 6.12. The molecular formula is C13H25N3O2. The maximum Gasteiger partial charge on any atom is 0.240 e. The topological polar surface area (TPSA) is 61.4 Å². The Hall–Kier alpha value is -1.10. The molecule has 2 unspecified atom stereocenters. The Balaban J connectivity index is 2.57. The minimum absolute atomic E-state index is 0.0549. The van der Waals surface area contributed by atoms with Gasteiger partial charge in [-0.05, 0) is 32.2 Å². The number of likely N-dealkylation sites (N-methyl/N-ethyl adjacent to an activating group) is 2. The summed E-state index contributed by atoms with van der Waals surface area (Å²) in [7, 11) is 1.59. The molecule has 0 aromatic heterocycles. The van der Waals surface area contributed by atoms with Crippen LogP contribution in [0.3, 0.4) is 0 Å². The number of nitrogens with one attached hydrogen (secondary N) is 2. The van der Waals surface area contributed by atoms with E-state index in [1.165, 1.54) is 0 Å². The minimum atomic E-state index is -0.118. The lowest BCUT2D eigenvalue weighted by Crippen LogP contribution is -2.52. The van der Waals surface area contributed by atoms with Gasteiger partial charge in [-0.15, -0.1) is 0 Å². The lowest BCUT2D eigenvalue weighted by atomic mass is 9.90. The summed E-state index contributed by atoms with van der Waals surface area (Å²) in [5.74, 6) is 0.561. The predicted octanol–water partition coefficient (Wildman–Crippen LogP) is 0.359. The molecule has 0 aliphatic carbocycles. The Morgan fingerprint density at radius 2 is 2.11 bits per heavy atom. The molecule has 0 radical (unpaired) electrons. The van der Waals surface area contributed by atoms with Crippen LogP contribution in [0, 0.1) is 5.92 Å². The van der Waals surface area contributed by atoms with Gasteiger partial charge in [-0.3, -0.25) is 9.59 Å². The zero-order valence-corrected chi connectivity index (χ0v) is 11.7. The molecule has 1 fully saturated rings. The first-order chi connectivity index (χ1) is 8.62. The number of carbonyl (C=O) groups excluding carboxylic acids is 2.